The predicted octanol–water partition coefficient (Wildman–Crippen LogP) is 3.32. The number of hydrogen-bond donors (Lipinski definition) is 0. The highest BCUT2D eigenvalue weighted by Crippen LogP contribution is 2.23. The second kappa shape index (κ2) is 9.00. The van der Waals surface area contributed by atoms with Gasteiger partial charge in [0.2, 0.25) is 10.0 Å². The van der Waals surface area contributed by atoms with Crippen molar-refractivity contribution in [2.75, 3.05) is 11.5 Å². The minimum Gasteiger partial charge on any atom is -0.272 e. The molecular weight excluding hydrogens is 314 g/mol. The van der Waals surface area contributed by atoms with Crippen molar-refractivity contribution in [3.8, 4) is 0 Å². The molecule has 1 heterocycles. The lowest BCUT2D eigenvalue weighted by Crippen LogP contribution is -2.36. The van der Waals surface area contributed by atoms with Gasteiger partial charge >= 0.3 is 0 Å². The van der Waals surface area contributed by atoms with Crippen LogP contribution in [0.15, 0.2) is 0 Å². The van der Waals surface area contributed by atoms with E-state index in [2.05, 4.69) is 6.92 Å². The Labute approximate surface area is 131 Å². The van der Waals surface area contributed by atoms with Crippen molar-refractivity contribution in [1.29, 1.82) is 0 Å². The zero-order chi connectivity index (χ0) is 15.0. The first-order chi connectivity index (χ1) is 9.49. The Bertz CT molecular complexity index is 418. The van der Waals surface area contributed by atoms with Gasteiger partial charge in [0.1, 0.15) is 0 Å². The van der Waals surface area contributed by atoms with E-state index in [0.717, 1.165) is 35.3 Å². The molecule has 7 heteroatoms. The maximum Gasteiger partial charge on any atom is 0.252 e. The van der Waals surface area contributed by atoms with Crippen LogP contribution in [0, 0.1) is 0 Å². The second-order valence-electron chi connectivity index (χ2n) is 5.00. The molecule has 0 aromatic carbocycles. The number of sulfonamides is 1. The summed E-state index contributed by atoms with van der Waals surface area (Å²) in [7, 11) is -3.54. The third kappa shape index (κ3) is 5.69. The monoisotopic (exact) mass is 337 g/mol. The topological polar surface area (TPSA) is 54.5 Å². The fourth-order valence-electron chi connectivity index (χ4n) is 2.12. The van der Waals surface area contributed by atoms with E-state index in [0.29, 0.717) is 6.42 Å². The minimum absolute atomic E-state index is 0.0222. The third-order valence-corrected chi connectivity index (χ3v) is 6.58. The van der Waals surface area contributed by atoms with Crippen molar-refractivity contribution >= 4 is 44.2 Å². The number of carbonyl (C=O) groups is 1. The summed E-state index contributed by atoms with van der Waals surface area (Å²) >= 11 is 6.04. The van der Waals surface area contributed by atoms with E-state index < -0.39 is 15.9 Å². The quantitative estimate of drug-likeness (QED) is 0.452. The van der Waals surface area contributed by atoms with Gasteiger partial charge in [-0.15, -0.1) is 0 Å². The fraction of sp³-hybridized carbons (Fsp3) is 0.846. The first-order valence-electron chi connectivity index (χ1n) is 7.21. The molecule has 0 saturated carbocycles. The van der Waals surface area contributed by atoms with E-state index in [-0.39, 0.29) is 15.8 Å². The molecule has 1 aliphatic heterocycles. The lowest BCUT2D eigenvalue weighted by Gasteiger charge is -2.15. The molecule has 0 N–H and O–H groups in total. The van der Waals surface area contributed by atoms with Gasteiger partial charge in [-0.2, -0.15) is 4.31 Å². The van der Waals surface area contributed by atoms with Crippen LogP contribution < -0.4 is 0 Å². The molecule has 0 bridgehead atoms. The molecule has 0 spiro atoms. The normalized spacial score (nSPS) is 16.1. The Morgan fingerprint density at radius 2 is 1.65 bits per heavy atom. The SMILES string of the molecule is CCCCCCCCCCS(=O)(=O)N1C(=O)CSC1=S. The Hall–Kier alpha value is -0.140. The lowest BCUT2D eigenvalue weighted by molar-refractivity contribution is -0.120. The maximum absolute atomic E-state index is 12.0. The molecule has 1 fully saturated rings. The number of carbonyl (C=O) groups excluding carboxylic acids is 1. The molecule has 1 aliphatic rings. The van der Waals surface area contributed by atoms with E-state index in [9.17, 15) is 13.2 Å². The fourth-order valence-corrected chi connectivity index (χ4v) is 5.27. The Balaban J connectivity index is 2.20. The minimum atomic E-state index is -3.54. The largest absolute Gasteiger partial charge is 0.272 e. The molecule has 1 saturated heterocycles. The summed E-state index contributed by atoms with van der Waals surface area (Å²) in [4.78, 5) is 11.5. The van der Waals surface area contributed by atoms with Crippen LogP contribution in [0.1, 0.15) is 58.3 Å². The van der Waals surface area contributed by atoms with Gasteiger partial charge in [-0.1, -0.05) is 75.8 Å². The highest BCUT2D eigenvalue weighted by molar-refractivity contribution is 8.25. The third-order valence-electron chi connectivity index (χ3n) is 3.25. The smallest absolute Gasteiger partial charge is 0.252 e. The van der Waals surface area contributed by atoms with Crippen LogP contribution >= 0.6 is 24.0 Å². The molecule has 0 radical (unpaired) electrons. The summed E-state index contributed by atoms with van der Waals surface area (Å²) < 4.78 is 25.1. The van der Waals surface area contributed by atoms with Crippen molar-refractivity contribution in [3.05, 3.63) is 0 Å². The molecule has 116 valence electrons. The number of hydrogen-bond acceptors (Lipinski definition) is 5. The second-order valence-corrected chi connectivity index (χ2v) is 8.55. The van der Waals surface area contributed by atoms with Crippen molar-refractivity contribution in [3.63, 3.8) is 0 Å². The number of amides is 1. The van der Waals surface area contributed by atoms with E-state index in [1.54, 1.807) is 0 Å². The van der Waals surface area contributed by atoms with Crippen LogP contribution in [-0.2, 0) is 14.8 Å². The van der Waals surface area contributed by atoms with E-state index in [1.165, 1.54) is 25.7 Å². The summed E-state index contributed by atoms with van der Waals surface area (Å²) in [5.41, 5.74) is 0. The molecule has 4 nitrogen and oxygen atoms in total. The zero-order valence-corrected chi connectivity index (χ0v) is 14.4. The van der Waals surface area contributed by atoms with Crippen LogP contribution in [0.2, 0.25) is 0 Å². The molecule has 1 amide bonds. The van der Waals surface area contributed by atoms with Gasteiger partial charge < -0.3 is 0 Å². The van der Waals surface area contributed by atoms with E-state index in [4.69, 9.17) is 12.2 Å². The van der Waals surface area contributed by atoms with Gasteiger partial charge in [-0.3, -0.25) is 4.79 Å². The summed E-state index contributed by atoms with van der Waals surface area (Å²) in [6.45, 7) is 2.19. The van der Waals surface area contributed by atoms with Crippen LogP contribution in [0.5, 0.6) is 0 Å². The van der Waals surface area contributed by atoms with Crippen LogP contribution in [-0.4, -0.2) is 34.5 Å². The average Bonchev–Trinajstić information content (AvgIpc) is 2.73. The van der Waals surface area contributed by atoms with Gasteiger partial charge in [0.15, 0.2) is 4.32 Å². The molecule has 20 heavy (non-hydrogen) atoms. The van der Waals surface area contributed by atoms with Crippen molar-refractivity contribution in [1.82, 2.24) is 4.31 Å². The van der Waals surface area contributed by atoms with E-state index in [1.807, 2.05) is 0 Å². The van der Waals surface area contributed by atoms with Gasteiger partial charge in [0.25, 0.3) is 5.91 Å². The number of thiocarbonyl (C=S) groups is 1. The summed E-state index contributed by atoms with van der Waals surface area (Å²) in [5, 5.41) is 0. The standard InChI is InChI=1S/C13H23NO3S3/c1-2-3-4-5-6-7-8-9-10-20(16,17)14-12(15)11-19-13(14)18/h2-11H2,1H3. The number of rotatable bonds is 10. The summed E-state index contributed by atoms with van der Waals surface area (Å²) in [6.07, 6.45) is 8.74. The van der Waals surface area contributed by atoms with Gasteiger partial charge in [-0.25, -0.2) is 8.42 Å². The summed E-state index contributed by atoms with van der Waals surface area (Å²) in [5.74, 6) is -0.233. The Kier molecular flexibility index (Phi) is 8.06. The molecule has 0 aromatic rings. The van der Waals surface area contributed by atoms with Crippen LogP contribution in [0.4, 0.5) is 0 Å². The van der Waals surface area contributed by atoms with Crippen molar-refractivity contribution in [2.24, 2.45) is 0 Å². The highest BCUT2D eigenvalue weighted by Gasteiger charge is 2.36. The molecule has 0 aliphatic carbocycles. The highest BCUT2D eigenvalue weighted by atomic mass is 32.2. The molecular formula is C13H23NO3S3. The number of unbranched alkanes of at least 4 members (excludes halogenated alkanes) is 7. The molecule has 1 rings (SSSR count). The first kappa shape index (κ1) is 17.9. The lowest BCUT2D eigenvalue weighted by atomic mass is 10.1. The molecule has 0 atom stereocenters. The van der Waals surface area contributed by atoms with Crippen molar-refractivity contribution < 1.29 is 13.2 Å². The number of nitrogens with zero attached hydrogens (tertiary/aromatic N) is 1. The van der Waals surface area contributed by atoms with Gasteiger partial charge in [0, 0.05) is 0 Å². The maximum atomic E-state index is 12.0. The van der Waals surface area contributed by atoms with Crippen molar-refractivity contribution in [2.45, 2.75) is 58.3 Å². The Morgan fingerprint density at radius 3 is 2.15 bits per heavy atom. The zero-order valence-electron chi connectivity index (χ0n) is 12.0. The average molecular weight is 338 g/mol. The predicted molar refractivity (Wildman–Crippen MR) is 88.3 cm³/mol. The van der Waals surface area contributed by atoms with Crippen LogP contribution in [0.25, 0.3) is 0 Å². The first-order valence-corrected chi connectivity index (χ1v) is 10.2. The van der Waals surface area contributed by atoms with Gasteiger partial charge in [-0.05, 0) is 6.42 Å². The summed E-state index contributed by atoms with van der Waals surface area (Å²) in [6, 6.07) is 0. The Morgan fingerprint density at radius 1 is 1.10 bits per heavy atom. The van der Waals surface area contributed by atoms with E-state index >= 15 is 0 Å². The van der Waals surface area contributed by atoms with Gasteiger partial charge in [0.05, 0.1) is 11.5 Å². The molecule has 0 unspecified atom stereocenters. The van der Waals surface area contributed by atoms with Crippen LogP contribution in [0.3, 0.4) is 0 Å². The molecule has 0 aromatic heterocycles. The number of thioether (sulfide) groups is 1.